The zero-order chi connectivity index (χ0) is 8.72. The van der Waals surface area contributed by atoms with Crippen molar-refractivity contribution in [3.05, 3.63) is 29.3 Å². The number of benzene rings is 1. The number of fused-ring (bicyclic) bond motifs is 1. The molecular formula is C9H8N2O. The molecule has 60 valence electrons. The van der Waals surface area contributed by atoms with E-state index in [9.17, 15) is 4.79 Å². The zero-order valence-electron chi connectivity index (χ0n) is 6.64. The molecular weight excluding hydrogens is 152 g/mol. The molecule has 1 aromatic rings. The molecule has 0 aromatic heterocycles. The topological polar surface area (TPSA) is 53.0 Å². The number of amides is 1. The van der Waals surface area contributed by atoms with Gasteiger partial charge in [0.25, 0.3) is 5.91 Å². The Morgan fingerprint density at radius 3 is 2.83 bits per heavy atom. The van der Waals surface area contributed by atoms with Crippen molar-refractivity contribution in [3.63, 3.8) is 0 Å². The van der Waals surface area contributed by atoms with Crippen molar-refractivity contribution in [2.75, 3.05) is 5.32 Å². The predicted molar refractivity (Wildman–Crippen MR) is 46.6 cm³/mol. The molecule has 1 aromatic carbocycles. The lowest BCUT2D eigenvalue weighted by Crippen LogP contribution is -2.12. The van der Waals surface area contributed by atoms with Crippen LogP contribution < -0.4 is 5.32 Å². The number of carbonyl (C=O) groups excluding carboxylic acids is 1. The minimum atomic E-state index is -0.306. The van der Waals surface area contributed by atoms with Crippen molar-refractivity contribution in [1.29, 1.82) is 5.41 Å². The van der Waals surface area contributed by atoms with Crippen LogP contribution in [0.5, 0.6) is 0 Å². The first kappa shape index (κ1) is 7.03. The lowest BCUT2D eigenvalue weighted by Gasteiger charge is -1.99. The van der Waals surface area contributed by atoms with Crippen molar-refractivity contribution >= 4 is 17.3 Å². The lowest BCUT2D eigenvalue weighted by atomic mass is 10.1. The molecule has 0 unspecified atom stereocenters. The molecule has 3 nitrogen and oxygen atoms in total. The third kappa shape index (κ3) is 0.763. The summed E-state index contributed by atoms with van der Waals surface area (Å²) >= 11 is 0. The maximum Gasteiger partial charge on any atom is 0.274 e. The average molecular weight is 160 g/mol. The molecule has 0 atom stereocenters. The van der Waals surface area contributed by atoms with Gasteiger partial charge in [-0.05, 0) is 12.5 Å². The number of nitrogens with one attached hydrogen (secondary N) is 2. The summed E-state index contributed by atoms with van der Waals surface area (Å²) in [5, 5.41) is 10.1. The van der Waals surface area contributed by atoms with E-state index in [2.05, 4.69) is 5.32 Å². The van der Waals surface area contributed by atoms with Gasteiger partial charge in [0.2, 0.25) is 0 Å². The van der Waals surface area contributed by atoms with Crippen LogP contribution in [0.4, 0.5) is 5.69 Å². The van der Waals surface area contributed by atoms with Gasteiger partial charge >= 0.3 is 0 Å². The maximum absolute atomic E-state index is 11.0. The standard InChI is InChI=1S/C9H8N2O/c1-5-3-2-4-6-7(10)9(12)11-8(5)6/h2-4H,1H3,(H2,10,11,12). The predicted octanol–water partition coefficient (Wildman–Crippen LogP) is 1.31. The van der Waals surface area contributed by atoms with Crippen LogP contribution in [-0.2, 0) is 4.79 Å². The molecule has 0 radical (unpaired) electrons. The van der Waals surface area contributed by atoms with Gasteiger partial charge in [0, 0.05) is 5.56 Å². The van der Waals surface area contributed by atoms with Crippen molar-refractivity contribution in [1.82, 2.24) is 0 Å². The second-order valence-electron chi connectivity index (χ2n) is 2.83. The molecule has 1 amide bonds. The highest BCUT2D eigenvalue weighted by molar-refractivity contribution is 6.52. The highest BCUT2D eigenvalue weighted by Gasteiger charge is 2.24. The van der Waals surface area contributed by atoms with Crippen LogP contribution in [0.15, 0.2) is 18.2 Å². The quantitative estimate of drug-likeness (QED) is 0.590. The third-order valence-electron chi connectivity index (χ3n) is 2.01. The number of rotatable bonds is 0. The van der Waals surface area contributed by atoms with Gasteiger partial charge in [0.05, 0.1) is 5.69 Å². The minimum absolute atomic E-state index is 0.0636. The van der Waals surface area contributed by atoms with Crippen LogP contribution >= 0.6 is 0 Å². The fourth-order valence-electron chi connectivity index (χ4n) is 1.34. The Bertz CT molecular complexity index is 382. The van der Waals surface area contributed by atoms with E-state index in [1.807, 2.05) is 19.1 Å². The van der Waals surface area contributed by atoms with E-state index in [1.165, 1.54) is 0 Å². The number of hydrogen-bond donors (Lipinski definition) is 2. The first-order valence-corrected chi connectivity index (χ1v) is 3.70. The Labute approximate surface area is 69.9 Å². The summed E-state index contributed by atoms with van der Waals surface area (Å²) in [4.78, 5) is 11.0. The summed E-state index contributed by atoms with van der Waals surface area (Å²) in [7, 11) is 0. The summed E-state index contributed by atoms with van der Waals surface area (Å²) in [5.41, 5.74) is 2.56. The molecule has 0 aliphatic carbocycles. The van der Waals surface area contributed by atoms with Crippen molar-refractivity contribution in [2.24, 2.45) is 0 Å². The second kappa shape index (κ2) is 2.17. The number of hydrogen-bond acceptors (Lipinski definition) is 2. The van der Waals surface area contributed by atoms with Gasteiger partial charge in [-0.15, -0.1) is 0 Å². The van der Waals surface area contributed by atoms with Crippen molar-refractivity contribution in [3.8, 4) is 0 Å². The van der Waals surface area contributed by atoms with E-state index in [0.717, 1.165) is 11.3 Å². The molecule has 0 fully saturated rings. The summed E-state index contributed by atoms with van der Waals surface area (Å²) in [6.45, 7) is 1.91. The molecule has 0 spiro atoms. The van der Waals surface area contributed by atoms with Crippen molar-refractivity contribution < 1.29 is 4.79 Å². The fraction of sp³-hybridized carbons (Fsp3) is 0.111. The first-order valence-electron chi connectivity index (χ1n) is 3.70. The van der Waals surface area contributed by atoms with Gasteiger partial charge in [0.1, 0.15) is 5.71 Å². The van der Waals surface area contributed by atoms with Crippen LogP contribution in [-0.4, -0.2) is 11.6 Å². The van der Waals surface area contributed by atoms with Crippen LogP contribution in [0.3, 0.4) is 0 Å². The number of para-hydroxylation sites is 1. The molecule has 3 heteroatoms. The maximum atomic E-state index is 11.0. The molecule has 1 aliphatic heterocycles. The molecule has 0 saturated heterocycles. The SMILES string of the molecule is Cc1cccc2c1NC(=O)C2=N. The lowest BCUT2D eigenvalue weighted by molar-refractivity contribution is -0.110. The Hall–Kier alpha value is -1.64. The highest BCUT2D eigenvalue weighted by Crippen LogP contribution is 2.25. The van der Waals surface area contributed by atoms with Crippen LogP contribution in [0, 0.1) is 12.3 Å². The number of aryl methyl sites for hydroxylation is 1. The van der Waals surface area contributed by atoms with Gasteiger partial charge in [0.15, 0.2) is 0 Å². The van der Waals surface area contributed by atoms with E-state index >= 15 is 0 Å². The Morgan fingerprint density at radius 2 is 2.17 bits per heavy atom. The first-order chi connectivity index (χ1) is 5.70. The molecule has 2 rings (SSSR count). The van der Waals surface area contributed by atoms with Crippen LogP contribution in [0.25, 0.3) is 0 Å². The number of anilines is 1. The summed E-state index contributed by atoms with van der Waals surface area (Å²) in [5.74, 6) is -0.306. The highest BCUT2D eigenvalue weighted by atomic mass is 16.2. The van der Waals surface area contributed by atoms with Crippen molar-refractivity contribution in [2.45, 2.75) is 6.92 Å². The average Bonchev–Trinajstić information content (AvgIpc) is 2.32. The molecule has 0 bridgehead atoms. The Balaban J connectivity index is 2.68. The summed E-state index contributed by atoms with van der Waals surface area (Å²) in [6.07, 6.45) is 0. The summed E-state index contributed by atoms with van der Waals surface area (Å²) in [6, 6.07) is 5.54. The second-order valence-corrected chi connectivity index (χ2v) is 2.83. The van der Waals surface area contributed by atoms with E-state index < -0.39 is 0 Å². The fourth-order valence-corrected chi connectivity index (χ4v) is 1.34. The number of carbonyl (C=O) groups is 1. The molecule has 1 aliphatic rings. The largest absolute Gasteiger partial charge is 0.320 e. The molecule has 0 saturated carbocycles. The van der Waals surface area contributed by atoms with Gasteiger partial charge in [-0.25, -0.2) is 0 Å². The normalized spacial score (nSPS) is 14.4. The Morgan fingerprint density at radius 1 is 1.42 bits per heavy atom. The van der Waals surface area contributed by atoms with E-state index in [0.29, 0.717) is 5.56 Å². The monoisotopic (exact) mass is 160 g/mol. The van der Waals surface area contributed by atoms with E-state index in [1.54, 1.807) is 6.07 Å². The Kier molecular flexibility index (Phi) is 1.27. The minimum Gasteiger partial charge on any atom is -0.320 e. The zero-order valence-corrected chi connectivity index (χ0v) is 6.64. The van der Waals surface area contributed by atoms with Gasteiger partial charge in [-0.2, -0.15) is 0 Å². The van der Waals surface area contributed by atoms with E-state index in [4.69, 9.17) is 5.41 Å². The van der Waals surface area contributed by atoms with E-state index in [-0.39, 0.29) is 11.6 Å². The van der Waals surface area contributed by atoms with Gasteiger partial charge in [-0.3, -0.25) is 10.2 Å². The third-order valence-corrected chi connectivity index (χ3v) is 2.01. The van der Waals surface area contributed by atoms with Gasteiger partial charge < -0.3 is 5.32 Å². The summed E-state index contributed by atoms with van der Waals surface area (Å²) < 4.78 is 0. The van der Waals surface area contributed by atoms with Crippen LogP contribution in [0.1, 0.15) is 11.1 Å². The van der Waals surface area contributed by atoms with Gasteiger partial charge in [-0.1, -0.05) is 18.2 Å². The molecule has 2 N–H and O–H groups in total. The molecule has 12 heavy (non-hydrogen) atoms. The smallest absolute Gasteiger partial charge is 0.274 e. The molecule has 1 heterocycles. The van der Waals surface area contributed by atoms with Crippen LogP contribution in [0.2, 0.25) is 0 Å².